The Bertz CT molecular complexity index is 624. The summed E-state index contributed by atoms with van der Waals surface area (Å²) in [5.41, 5.74) is 0. The van der Waals surface area contributed by atoms with Gasteiger partial charge in [0.1, 0.15) is 0 Å². The van der Waals surface area contributed by atoms with Gasteiger partial charge < -0.3 is 0 Å². The zero-order chi connectivity index (χ0) is 11.5. The topological polar surface area (TPSA) is 0 Å². The lowest BCUT2D eigenvalue weighted by Crippen LogP contribution is -1.77. The van der Waals surface area contributed by atoms with Crippen molar-refractivity contribution in [1.29, 1.82) is 0 Å². The summed E-state index contributed by atoms with van der Waals surface area (Å²) in [6.07, 6.45) is 0. The molecule has 3 aromatic carbocycles. The molecule has 0 unspecified atom stereocenters. The predicted molar refractivity (Wildman–Crippen MR) is 73.3 cm³/mol. The maximum Gasteiger partial charge on any atom is 0.0200 e. The summed E-state index contributed by atoms with van der Waals surface area (Å²) in [4.78, 5) is 2.57. The molecule has 0 atom stereocenters. The summed E-state index contributed by atoms with van der Waals surface area (Å²) in [7, 11) is 0. The Morgan fingerprint density at radius 3 is 2.59 bits per heavy atom. The van der Waals surface area contributed by atoms with Gasteiger partial charge >= 0.3 is 0 Å². The van der Waals surface area contributed by atoms with Crippen LogP contribution in [-0.2, 0) is 0 Å². The van der Waals surface area contributed by atoms with Crippen molar-refractivity contribution >= 4 is 22.5 Å². The molecule has 0 spiro atoms. The first kappa shape index (κ1) is 10.4. The van der Waals surface area contributed by atoms with Crippen molar-refractivity contribution < 1.29 is 0 Å². The van der Waals surface area contributed by atoms with E-state index in [0.29, 0.717) is 0 Å². The second kappa shape index (κ2) is 4.64. The molecule has 17 heavy (non-hydrogen) atoms. The molecule has 1 heteroatoms. The normalized spacial score (nSPS) is 10.6. The monoisotopic (exact) mass is 235 g/mol. The van der Waals surface area contributed by atoms with Gasteiger partial charge in [0.2, 0.25) is 0 Å². The smallest absolute Gasteiger partial charge is 0.0200 e. The number of fused-ring (bicyclic) bond motifs is 1. The van der Waals surface area contributed by atoms with E-state index in [1.165, 1.54) is 20.6 Å². The molecule has 0 aliphatic rings. The first-order chi connectivity index (χ1) is 8.43. The lowest BCUT2D eigenvalue weighted by Gasteiger charge is -2.05. The van der Waals surface area contributed by atoms with E-state index in [4.69, 9.17) is 0 Å². The second-order valence-electron chi connectivity index (χ2n) is 3.82. The van der Waals surface area contributed by atoms with Crippen LogP contribution < -0.4 is 0 Å². The fourth-order valence-electron chi connectivity index (χ4n) is 1.84. The minimum atomic E-state index is 1.24. The lowest BCUT2D eigenvalue weighted by molar-refractivity contribution is 1.44. The van der Waals surface area contributed by atoms with Crippen LogP contribution in [0.15, 0.2) is 76.5 Å². The Labute approximate surface area is 105 Å². The molecule has 0 fully saturated rings. The molecule has 0 saturated heterocycles. The molecule has 0 amide bonds. The Hall–Kier alpha value is -1.73. The summed E-state index contributed by atoms with van der Waals surface area (Å²) in [6.45, 7) is 0. The van der Waals surface area contributed by atoms with Gasteiger partial charge in [-0.1, -0.05) is 54.2 Å². The van der Waals surface area contributed by atoms with Gasteiger partial charge in [0.05, 0.1) is 0 Å². The summed E-state index contributed by atoms with van der Waals surface area (Å²) in [6, 6.07) is 26.1. The fraction of sp³-hybridized carbons (Fsp3) is 0. The van der Waals surface area contributed by atoms with E-state index in [9.17, 15) is 0 Å². The SMILES string of the molecule is [c]1ccc2c(Sc3ccccc3)cccc2c1. The summed E-state index contributed by atoms with van der Waals surface area (Å²) in [5.74, 6) is 0. The zero-order valence-corrected chi connectivity index (χ0v) is 10.1. The van der Waals surface area contributed by atoms with Crippen LogP contribution in [0.2, 0.25) is 0 Å². The van der Waals surface area contributed by atoms with Crippen molar-refractivity contribution in [2.24, 2.45) is 0 Å². The van der Waals surface area contributed by atoms with E-state index < -0.39 is 0 Å². The van der Waals surface area contributed by atoms with Gasteiger partial charge in [-0.05, 0) is 41.1 Å². The molecule has 0 aromatic heterocycles. The highest BCUT2D eigenvalue weighted by atomic mass is 32.2. The van der Waals surface area contributed by atoms with Crippen molar-refractivity contribution in [2.45, 2.75) is 9.79 Å². The molecule has 0 aliphatic carbocycles. The van der Waals surface area contributed by atoms with Gasteiger partial charge in [-0.2, -0.15) is 0 Å². The van der Waals surface area contributed by atoms with Crippen LogP contribution in [0, 0.1) is 6.07 Å². The number of rotatable bonds is 2. The van der Waals surface area contributed by atoms with Gasteiger partial charge in [-0.3, -0.25) is 0 Å². The van der Waals surface area contributed by atoms with E-state index in [1.54, 1.807) is 11.8 Å². The maximum absolute atomic E-state index is 3.12. The van der Waals surface area contributed by atoms with Crippen LogP contribution in [0.5, 0.6) is 0 Å². The molecular weight excluding hydrogens is 224 g/mol. The van der Waals surface area contributed by atoms with Gasteiger partial charge in [0.15, 0.2) is 0 Å². The van der Waals surface area contributed by atoms with Crippen LogP contribution >= 0.6 is 11.8 Å². The van der Waals surface area contributed by atoms with E-state index in [-0.39, 0.29) is 0 Å². The molecule has 0 heterocycles. The van der Waals surface area contributed by atoms with Crippen LogP contribution in [-0.4, -0.2) is 0 Å². The molecule has 0 bridgehead atoms. The second-order valence-corrected chi connectivity index (χ2v) is 4.93. The molecule has 1 radical (unpaired) electrons. The molecular formula is C16H11S. The predicted octanol–water partition coefficient (Wildman–Crippen LogP) is 4.79. The van der Waals surface area contributed by atoms with Gasteiger partial charge in [-0.15, -0.1) is 0 Å². The van der Waals surface area contributed by atoms with Crippen molar-refractivity contribution in [3.8, 4) is 0 Å². The van der Waals surface area contributed by atoms with Gasteiger partial charge in [-0.25, -0.2) is 0 Å². The van der Waals surface area contributed by atoms with E-state index in [2.05, 4.69) is 54.6 Å². The number of hydrogen-bond donors (Lipinski definition) is 0. The zero-order valence-electron chi connectivity index (χ0n) is 9.26. The average molecular weight is 235 g/mol. The number of hydrogen-bond acceptors (Lipinski definition) is 1. The molecule has 3 aromatic rings. The highest BCUT2D eigenvalue weighted by molar-refractivity contribution is 7.99. The minimum Gasteiger partial charge on any atom is -0.0895 e. The largest absolute Gasteiger partial charge is 0.0895 e. The molecule has 81 valence electrons. The van der Waals surface area contributed by atoms with Crippen molar-refractivity contribution in [2.75, 3.05) is 0 Å². The average Bonchev–Trinajstić information content (AvgIpc) is 2.40. The van der Waals surface area contributed by atoms with Crippen LogP contribution in [0.3, 0.4) is 0 Å². The third-order valence-corrected chi connectivity index (χ3v) is 3.74. The number of benzene rings is 3. The van der Waals surface area contributed by atoms with E-state index >= 15 is 0 Å². The summed E-state index contributed by atoms with van der Waals surface area (Å²) < 4.78 is 0. The molecule has 3 rings (SSSR count). The Balaban J connectivity index is 2.06. The minimum absolute atomic E-state index is 1.24. The third-order valence-electron chi connectivity index (χ3n) is 2.66. The van der Waals surface area contributed by atoms with Crippen molar-refractivity contribution in [1.82, 2.24) is 0 Å². The van der Waals surface area contributed by atoms with Gasteiger partial charge in [0.25, 0.3) is 0 Å². The third kappa shape index (κ3) is 2.20. The van der Waals surface area contributed by atoms with Crippen LogP contribution in [0.25, 0.3) is 10.8 Å². The quantitative estimate of drug-likeness (QED) is 0.615. The van der Waals surface area contributed by atoms with Crippen LogP contribution in [0.4, 0.5) is 0 Å². The highest BCUT2D eigenvalue weighted by Gasteiger charge is 2.01. The molecule has 0 saturated carbocycles. The Morgan fingerprint density at radius 1 is 0.824 bits per heavy atom. The lowest BCUT2D eigenvalue weighted by atomic mass is 10.1. The van der Waals surface area contributed by atoms with Crippen LogP contribution in [0.1, 0.15) is 0 Å². The first-order valence-electron chi connectivity index (χ1n) is 5.55. The van der Waals surface area contributed by atoms with E-state index in [1.807, 2.05) is 18.2 Å². The molecule has 0 nitrogen and oxygen atoms in total. The fourth-order valence-corrected chi connectivity index (χ4v) is 2.83. The van der Waals surface area contributed by atoms with E-state index in [0.717, 1.165) is 0 Å². The Morgan fingerprint density at radius 2 is 1.71 bits per heavy atom. The Kier molecular flexibility index (Phi) is 2.85. The maximum atomic E-state index is 3.12. The van der Waals surface area contributed by atoms with Crippen molar-refractivity contribution in [3.63, 3.8) is 0 Å². The summed E-state index contributed by atoms with van der Waals surface area (Å²) in [5, 5.41) is 2.54. The molecule has 0 N–H and O–H groups in total. The standard InChI is InChI=1S/C16H11S/c1-2-9-14(10-3-1)17-16-12-6-8-13-7-4-5-11-15(13)16/h1-3,5-12H. The summed E-state index contributed by atoms with van der Waals surface area (Å²) >= 11 is 1.80. The first-order valence-corrected chi connectivity index (χ1v) is 6.37. The molecule has 0 aliphatic heterocycles. The van der Waals surface area contributed by atoms with Crippen molar-refractivity contribution in [3.05, 3.63) is 72.8 Å². The highest BCUT2D eigenvalue weighted by Crippen LogP contribution is 2.32. The van der Waals surface area contributed by atoms with Gasteiger partial charge in [0, 0.05) is 9.79 Å².